The van der Waals surface area contributed by atoms with Crippen LogP contribution in [-0.2, 0) is 0 Å². The predicted octanol–water partition coefficient (Wildman–Crippen LogP) is 3.68. The van der Waals surface area contributed by atoms with E-state index >= 15 is 0 Å². The number of rotatable bonds is 7. The molecule has 3 nitrogen and oxygen atoms in total. The van der Waals surface area contributed by atoms with Gasteiger partial charge in [0.05, 0.1) is 0 Å². The zero-order valence-corrected chi connectivity index (χ0v) is 14.7. The molecule has 0 saturated carbocycles. The van der Waals surface area contributed by atoms with Gasteiger partial charge in [-0.2, -0.15) is 0 Å². The highest BCUT2D eigenvalue weighted by Crippen LogP contribution is 2.17. The van der Waals surface area contributed by atoms with Crippen LogP contribution in [0, 0.1) is 0 Å². The first-order chi connectivity index (χ1) is 10.2. The van der Waals surface area contributed by atoms with E-state index in [9.17, 15) is 0 Å². The molecule has 1 saturated heterocycles. The zero-order valence-electron chi connectivity index (χ0n) is 13.1. The molecular weight excluding hydrogens is 328 g/mol. The van der Waals surface area contributed by atoms with E-state index in [1.165, 1.54) is 19.3 Å². The first-order valence-corrected chi connectivity index (χ1v) is 8.88. The fourth-order valence-corrected chi connectivity index (χ4v) is 3.17. The van der Waals surface area contributed by atoms with Crippen LogP contribution in [0.1, 0.15) is 33.1 Å². The van der Waals surface area contributed by atoms with Crippen molar-refractivity contribution in [3.05, 3.63) is 28.7 Å². The quantitative estimate of drug-likeness (QED) is 0.808. The first-order valence-electron chi connectivity index (χ1n) is 8.08. The van der Waals surface area contributed by atoms with Crippen LogP contribution < -0.4 is 10.1 Å². The average molecular weight is 355 g/mol. The van der Waals surface area contributed by atoms with Crippen LogP contribution in [0.25, 0.3) is 0 Å². The Morgan fingerprint density at radius 2 is 2.05 bits per heavy atom. The summed E-state index contributed by atoms with van der Waals surface area (Å²) in [7, 11) is 0. The highest BCUT2D eigenvalue weighted by Gasteiger charge is 2.25. The molecule has 0 amide bonds. The lowest BCUT2D eigenvalue weighted by Gasteiger charge is -2.40. The lowest BCUT2D eigenvalue weighted by atomic mass is 10.0. The minimum Gasteiger partial charge on any atom is -0.492 e. The summed E-state index contributed by atoms with van der Waals surface area (Å²) in [6.07, 6.45) is 3.71. The van der Waals surface area contributed by atoms with Crippen LogP contribution in [0.5, 0.6) is 5.75 Å². The van der Waals surface area contributed by atoms with E-state index in [-0.39, 0.29) is 0 Å². The van der Waals surface area contributed by atoms with Crippen molar-refractivity contribution in [2.75, 3.05) is 26.2 Å². The second-order valence-corrected chi connectivity index (χ2v) is 6.67. The molecule has 2 rings (SSSR count). The van der Waals surface area contributed by atoms with Gasteiger partial charge >= 0.3 is 0 Å². The van der Waals surface area contributed by atoms with Gasteiger partial charge in [0.1, 0.15) is 12.4 Å². The Bertz CT molecular complexity index is 410. The SMILES string of the molecule is CCCC1CNC(CC)CN1CCOc1ccc(Br)cc1. The molecule has 1 aliphatic rings. The van der Waals surface area contributed by atoms with E-state index in [4.69, 9.17) is 4.74 Å². The number of ether oxygens (including phenoxy) is 1. The fraction of sp³-hybridized carbons (Fsp3) is 0.647. The molecular formula is C17H27BrN2O. The summed E-state index contributed by atoms with van der Waals surface area (Å²) in [5, 5.41) is 3.66. The summed E-state index contributed by atoms with van der Waals surface area (Å²) in [4.78, 5) is 2.60. The molecule has 1 aliphatic heterocycles. The van der Waals surface area contributed by atoms with Gasteiger partial charge in [0.25, 0.3) is 0 Å². The molecule has 0 aliphatic carbocycles. The lowest BCUT2D eigenvalue weighted by molar-refractivity contribution is 0.102. The Kier molecular flexibility index (Phi) is 7.00. The van der Waals surface area contributed by atoms with Crippen molar-refractivity contribution in [2.45, 2.75) is 45.2 Å². The molecule has 4 heteroatoms. The Morgan fingerprint density at radius 1 is 1.29 bits per heavy atom. The summed E-state index contributed by atoms with van der Waals surface area (Å²) in [6, 6.07) is 9.36. The molecule has 0 bridgehead atoms. The number of nitrogens with zero attached hydrogens (tertiary/aromatic N) is 1. The summed E-state index contributed by atoms with van der Waals surface area (Å²) < 4.78 is 6.96. The van der Waals surface area contributed by atoms with Crippen molar-refractivity contribution in [2.24, 2.45) is 0 Å². The number of benzene rings is 1. The van der Waals surface area contributed by atoms with Crippen molar-refractivity contribution in [1.82, 2.24) is 10.2 Å². The van der Waals surface area contributed by atoms with Crippen LogP contribution in [0.4, 0.5) is 0 Å². The van der Waals surface area contributed by atoms with Crippen LogP contribution in [0.3, 0.4) is 0 Å². The molecule has 0 spiro atoms. The van der Waals surface area contributed by atoms with Crippen molar-refractivity contribution in [1.29, 1.82) is 0 Å². The molecule has 1 N–H and O–H groups in total. The normalized spacial score (nSPS) is 23.2. The summed E-state index contributed by atoms with van der Waals surface area (Å²) in [6.45, 7) is 8.56. The van der Waals surface area contributed by atoms with Crippen molar-refractivity contribution >= 4 is 15.9 Å². The summed E-state index contributed by atoms with van der Waals surface area (Å²) in [5.74, 6) is 0.951. The highest BCUT2D eigenvalue weighted by atomic mass is 79.9. The maximum absolute atomic E-state index is 5.88. The molecule has 2 unspecified atom stereocenters. The number of piperazine rings is 1. The van der Waals surface area contributed by atoms with Gasteiger partial charge in [-0.15, -0.1) is 0 Å². The van der Waals surface area contributed by atoms with Crippen LogP contribution in [0.15, 0.2) is 28.7 Å². The van der Waals surface area contributed by atoms with Gasteiger partial charge in [-0.1, -0.05) is 36.2 Å². The minimum absolute atomic E-state index is 0.630. The van der Waals surface area contributed by atoms with E-state index in [1.54, 1.807) is 0 Å². The fourth-order valence-electron chi connectivity index (χ4n) is 2.91. The van der Waals surface area contributed by atoms with Crippen LogP contribution in [-0.4, -0.2) is 43.2 Å². The molecule has 2 atom stereocenters. The van der Waals surface area contributed by atoms with Gasteiger partial charge in [0.15, 0.2) is 0 Å². The largest absolute Gasteiger partial charge is 0.492 e. The Labute approximate surface area is 137 Å². The summed E-state index contributed by atoms with van der Waals surface area (Å²) in [5.41, 5.74) is 0. The first kappa shape index (κ1) is 16.8. The number of halogens is 1. The average Bonchev–Trinajstić information content (AvgIpc) is 2.51. The standard InChI is InChI=1S/C17H27BrN2O/c1-3-5-16-12-19-15(4-2)13-20(16)10-11-21-17-8-6-14(18)7-9-17/h6-9,15-16,19H,3-5,10-13H2,1-2H3. The van der Waals surface area contributed by atoms with Gasteiger partial charge in [-0.25, -0.2) is 0 Å². The molecule has 0 radical (unpaired) electrons. The molecule has 1 aromatic rings. The number of hydrogen-bond donors (Lipinski definition) is 1. The Hall–Kier alpha value is -0.580. The van der Waals surface area contributed by atoms with E-state index in [0.29, 0.717) is 12.1 Å². The Morgan fingerprint density at radius 3 is 2.71 bits per heavy atom. The van der Waals surface area contributed by atoms with E-state index in [0.717, 1.165) is 36.5 Å². The van der Waals surface area contributed by atoms with Crippen molar-refractivity contribution < 1.29 is 4.74 Å². The van der Waals surface area contributed by atoms with Crippen molar-refractivity contribution in [3.63, 3.8) is 0 Å². The van der Waals surface area contributed by atoms with Crippen molar-refractivity contribution in [3.8, 4) is 5.75 Å². The minimum atomic E-state index is 0.630. The topological polar surface area (TPSA) is 24.5 Å². The molecule has 21 heavy (non-hydrogen) atoms. The Balaban J connectivity index is 1.81. The monoisotopic (exact) mass is 354 g/mol. The van der Waals surface area contributed by atoms with Gasteiger partial charge in [-0.3, -0.25) is 4.90 Å². The molecule has 118 valence electrons. The third kappa shape index (κ3) is 5.28. The van der Waals surface area contributed by atoms with Gasteiger partial charge in [0.2, 0.25) is 0 Å². The summed E-state index contributed by atoms with van der Waals surface area (Å²) >= 11 is 3.45. The lowest BCUT2D eigenvalue weighted by Crippen LogP contribution is -2.56. The van der Waals surface area contributed by atoms with E-state index in [2.05, 4.69) is 40.0 Å². The van der Waals surface area contributed by atoms with Crippen LogP contribution in [0.2, 0.25) is 0 Å². The highest BCUT2D eigenvalue weighted by molar-refractivity contribution is 9.10. The second kappa shape index (κ2) is 8.76. The molecule has 1 aromatic carbocycles. The number of hydrogen-bond acceptors (Lipinski definition) is 3. The van der Waals surface area contributed by atoms with Gasteiger partial charge in [0, 0.05) is 36.2 Å². The predicted molar refractivity (Wildman–Crippen MR) is 92.0 cm³/mol. The number of nitrogens with one attached hydrogen (secondary N) is 1. The van der Waals surface area contributed by atoms with Crippen LogP contribution >= 0.6 is 15.9 Å². The maximum Gasteiger partial charge on any atom is 0.119 e. The third-order valence-electron chi connectivity index (χ3n) is 4.19. The van der Waals surface area contributed by atoms with Gasteiger partial charge < -0.3 is 10.1 Å². The van der Waals surface area contributed by atoms with E-state index in [1.807, 2.05) is 24.3 Å². The third-order valence-corrected chi connectivity index (χ3v) is 4.72. The molecule has 1 heterocycles. The smallest absolute Gasteiger partial charge is 0.119 e. The maximum atomic E-state index is 5.88. The molecule has 1 fully saturated rings. The molecule has 0 aromatic heterocycles. The van der Waals surface area contributed by atoms with E-state index < -0.39 is 0 Å². The second-order valence-electron chi connectivity index (χ2n) is 5.75. The zero-order chi connectivity index (χ0) is 15.1. The van der Waals surface area contributed by atoms with Gasteiger partial charge in [-0.05, 0) is 37.1 Å².